The van der Waals surface area contributed by atoms with Gasteiger partial charge >= 0.3 is 0 Å². The van der Waals surface area contributed by atoms with Crippen molar-refractivity contribution in [2.75, 3.05) is 12.9 Å². The number of pyridine rings is 1. The van der Waals surface area contributed by atoms with Crippen molar-refractivity contribution in [1.29, 1.82) is 0 Å². The summed E-state index contributed by atoms with van der Waals surface area (Å²) in [6.07, 6.45) is 0.878. The molecule has 0 aliphatic heterocycles. The van der Waals surface area contributed by atoms with E-state index >= 15 is 0 Å². The molecule has 0 bridgehead atoms. The second kappa shape index (κ2) is 8.72. The van der Waals surface area contributed by atoms with Crippen LogP contribution in [-0.4, -0.2) is 23.8 Å². The molecule has 134 valence electrons. The summed E-state index contributed by atoms with van der Waals surface area (Å²) in [4.78, 5) is 16.9. The number of fused-ring (bicyclic) bond motifs is 1. The van der Waals surface area contributed by atoms with Gasteiger partial charge in [0.2, 0.25) is 5.91 Å². The number of aromatic nitrogens is 1. The Morgan fingerprint density at radius 2 is 1.96 bits per heavy atom. The van der Waals surface area contributed by atoms with E-state index in [1.807, 2.05) is 48.5 Å². The van der Waals surface area contributed by atoms with Gasteiger partial charge in [0.05, 0.1) is 18.4 Å². The van der Waals surface area contributed by atoms with Gasteiger partial charge < -0.3 is 10.1 Å². The molecule has 0 saturated carbocycles. The third-order valence-electron chi connectivity index (χ3n) is 4.12. The summed E-state index contributed by atoms with van der Waals surface area (Å²) in [6, 6.07) is 17.9. The molecule has 0 unspecified atom stereocenters. The Balaban J connectivity index is 1.67. The fourth-order valence-electron chi connectivity index (χ4n) is 2.66. The number of thioether (sulfide) groups is 1. The maximum atomic E-state index is 12.2. The predicted molar refractivity (Wildman–Crippen MR) is 107 cm³/mol. The van der Waals surface area contributed by atoms with E-state index in [1.54, 1.807) is 7.11 Å². The van der Waals surface area contributed by atoms with E-state index in [0.29, 0.717) is 12.3 Å². The lowest BCUT2D eigenvalue weighted by atomic mass is 10.1. The summed E-state index contributed by atoms with van der Waals surface area (Å²) >= 11 is 1.48. The maximum Gasteiger partial charge on any atom is 0.230 e. The Morgan fingerprint density at radius 1 is 1.15 bits per heavy atom. The minimum atomic E-state index is 0.00782. The number of nitrogens with one attached hydrogen (secondary N) is 1. The normalized spacial score (nSPS) is 10.7. The minimum Gasteiger partial charge on any atom is -0.497 e. The highest BCUT2D eigenvalue weighted by atomic mass is 32.2. The highest BCUT2D eigenvalue weighted by Crippen LogP contribution is 2.27. The fraction of sp³-hybridized carbons (Fsp3) is 0.238. The average molecular weight is 366 g/mol. The molecule has 5 heteroatoms. The first-order chi connectivity index (χ1) is 12.7. The number of benzene rings is 2. The molecule has 1 heterocycles. The van der Waals surface area contributed by atoms with Crippen LogP contribution in [-0.2, 0) is 17.8 Å². The molecule has 0 aliphatic carbocycles. The van der Waals surface area contributed by atoms with Crippen molar-refractivity contribution in [3.05, 3.63) is 65.7 Å². The summed E-state index contributed by atoms with van der Waals surface area (Å²) < 4.78 is 5.28. The molecule has 26 heavy (non-hydrogen) atoms. The van der Waals surface area contributed by atoms with Crippen LogP contribution in [0.1, 0.15) is 18.1 Å². The molecule has 0 aliphatic rings. The Hall–Kier alpha value is -2.53. The minimum absolute atomic E-state index is 0.00782. The number of carbonyl (C=O) groups excluding carboxylic acids is 1. The number of hydrogen-bond donors (Lipinski definition) is 1. The number of amides is 1. The van der Waals surface area contributed by atoms with Gasteiger partial charge in [0.1, 0.15) is 10.8 Å². The van der Waals surface area contributed by atoms with Crippen molar-refractivity contribution in [3.8, 4) is 5.75 Å². The summed E-state index contributed by atoms with van der Waals surface area (Å²) in [5, 5.41) is 4.94. The van der Waals surface area contributed by atoms with Crippen LogP contribution in [0.4, 0.5) is 0 Å². The Kier molecular flexibility index (Phi) is 6.12. The number of rotatable bonds is 7. The highest BCUT2D eigenvalue weighted by Gasteiger charge is 2.10. The molecule has 0 fully saturated rings. The van der Waals surface area contributed by atoms with Crippen LogP contribution in [0.15, 0.2) is 59.6 Å². The molecule has 3 aromatic rings. The van der Waals surface area contributed by atoms with Crippen molar-refractivity contribution in [2.24, 2.45) is 0 Å². The molecular formula is C21H22N2O2S. The lowest BCUT2D eigenvalue weighted by Crippen LogP contribution is -2.24. The Labute approximate surface area is 158 Å². The highest BCUT2D eigenvalue weighted by molar-refractivity contribution is 7.99. The predicted octanol–water partition coefficient (Wildman–Crippen LogP) is 4.21. The summed E-state index contributed by atoms with van der Waals surface area (Å²) in [6.45, 7) is 2.65. The molecule has 3 rings (SSSR count). The van der Waals surface area contributed by atoms with Crippen LogP contribution in [0.5, 0.6) is 5.75 Å². The first-order valence-electron chi connectivity index (χ1n) is 8.60. The lowest BCUT2D eigenvalue weighted by Gasteiger charge is -2.10. The zero-order chi connectivity index (χ0) is 18.4. The molecule has 0 saturated heterocycles. The topological polar surface area (TPSA) is 51.2 Å². The lowest BCUT2D eigenvalue weighted by molar-refractivity contribution is -0.118. The van der Waals surface area contributed by atoms with Gasteiger partial charge in [0.15, 0.2) is 0 Å². The van der Waals surface area contributed by atoms with Crippen LogP contribution < -0.4 is 10.1 Å². The van der Waals surface area contributed by atoms with Gasteiger partial charge in [-0.15, -0.1) is 0 Å². The van der Waals surface area contributed by atoms with Crippen molar-refractivity contribution < 1.29 is 9.53 Å². The van der Waals surface area contributed by atoms with E-state index in [-0.39, 0.29) is 5.91 Å². The molecule has 4 nitrogen and oxygen atoms in total. The number of carbonyl (C=O) groups is 1. The molecule has 1 N–H and O–H groups in total. The van der Waals surface area contributed by atoms with E-state index in [9.17, 15) is 4.79 Å². The first-order valence-corrected chi connectivity index (χ1v) is 9.59. The zero-order valence-corrected chi connectivity index (χ0v) is 15.8. The third-order valence-corrected chi connectivity index (χ3v) is 5.15. The van der Waals surface area contributed by atoms with Crippen LogP contribution in [0, 0.1) is 0 Å². The maximum absolute atomic E-state index is 12.2. The molecule has 1 amide bonds. The molecule has 0 atom stereocenters. The van der Waals surface area contributed by atoms with E-state index < -0.39 is 0 Å². The smallest absolute Gasteiger partial charge is 0.230 e. The summed E-state index contributed by atoms with van der Waals surface area (Å²) in [7, 11) is 1.65. The van der Waals surface area contributed by atoms with E-state index in [0.717, 1.165) is 39.2 Å². The molecule has 1 aromatic heterocycles. The van der Waals surface area contributed by atoms with E-state index in [4.69, 9.17) is 9.72 Å². The molecule has 0 spiro atoms. The van der Waals surface area contributed by atoms with Crippen LogP contribution in [0.3, 0.4) is 0 Å². The second-order valence-electron chi connectivity index (χ2n) is 5.92. The van der Waals surface area contributed by atoms with Gasteiger partial charge in [0, 0.05) is 18.0 Å². The molecule has 2 aromatic carbocycles. The molecular weight excluding hydrogens is 344 g/mol. The average Bonchev–Trinajstić information content (AvgIpc) is 2.70. The van der Waals surface area contributed by atoms with Gasteiger partial charge in [0.25, 0.3) is 0 Å². The van der Waals surface area contributed by atoms with Gasteiger partial charge in [-0.1, -0.05) is 49.0 Å². The SMILES string of the molecule is CCc1cc2ccc(OC)cc2nc1SCC(=O)NCc1ccccc1. The van der Waals surface area contributed by atoms with Crippen LogP contribution in [0.25, 0.3) is 10.9 Å². The fourth-order valence-corrected chi connectivity index (χ4v) is 3.58. The standard InChI is InChI=1S/C21H22N2O2S/c1-3-16-11-17-9-10-18(25-2)12-19(17)23-21(16)26-14-20(24)22-13-15-7-5-4-6-8-15/h4-12H,3,13-14H2,1-2H3,(H,22,24). The third kappa shape index (κ3) is 4.55. The van der Waals surface area contributed by atoms with Crippen LogP contribution >= 0.6 is 11.8 Å². The van der Waals surface area contributed by atoms with Crippen molar-refractivity contribution in [1.82, 2.24) is 10.3 Å². The number of nitrogens with zero attached hydrogens (tertiary/aromatic N) is 1. The number of ether oxygens (including phenoxy) is 1. The number of aryl methyl sites for hydroxylation is 1. The monoisotopic (exact) mass is 366 g/mol. The van der Waals surface area contributed by atoms with Crippen molar-refractivity contribution in [3.63, 3.8) is 0 Å². The zero-order valence-electron chi connectivity index (χ0n) is 15.0. The van der Waals surface area contributed by atoms with Gasteiger partial charge in [-0.25, -0.2) is 4.98 Å². The van der Waals surface area contributed by atoms with Crippen LogP contribution in [0.2, 0.25) is 0 Å². The van der Waals surface area contributed by atoms with E-state index in [1.165, 1.54) is 11.8 Å². The van der Waals surface area contributed by atoms with Crippen molar-refractivity contribution >= 4 is 28.6 Å². The summed E-state index contributed by atoms with van der Waals surface area (Å²) in [5.74, 6) is 1.14. The largest absolute Gasteiger partial charge is 0.497 e. The van der Waals surface area contributed by atoms with Crippen molar-refractivity contribution in [2.45, 2.75) is 24.9 Å². The van der Waals surface area contributed by atoms with E-state index in [2.05, 4.69) is 18.3 Å². The number of methoxy groups -OCH3 is 1. The first kappa shape index (κ1) is 18.3. The summed E-state index contributed by atoms with van der Waals surface area (Å²) in [5.41, 5.74) is 3.13. The van der Waals surface area contributed by atoms with Gasteiger partial charge in [-0.2, -0.15) is 0 Å². The Bertz CT molecular complexity index is 897. The van der Waals surface area contributed by atoms with Gasteiger partial charge in [-0.05, 0) is 35.7 Å². The molecule has 0 radical (unpaired) electrons. The van der Waals surface area contributed by atoms with Gasteiger partial charge in [-0.3, -0.25) is 4.79 Å². The second-order valence-corrected chi connectivity index (χ2v) is 6.88. The Morgan fingerprint density at radius 3 is 2.69 bits per heavy atom. The quantitative estimate of drug-likeness (QED) is 0.636. The number of hydrogen-bond acceptors (Lipinski definition) is 4.